The third kappa shape index (κ3) is 4.22. The molecule has 0 aliphatic carbocycles. The summed E-state index contributed by atoms with van der Waals surface area (Å²) in [5.74, 6) is 0.241. The number of Topliss-reactive ketones (excluding diaryl/α,β-unsaturated/α-hetero) is 1. The number of hydrogen-bond acceptors (Lipinski definition) is 1. The standard InChI is InChI=1S/C14H18Br2O/c1-9-5-6-10(11(15)7-9)8-12(16)13(17)14(2,3)4/h5-7,12H,8H2,1-4H3. The number of halogens is 2. The Morgan fingerprint density at radius 3 is 2.41 bits per heavy atom. The summed E-state index contributed by atoms with van der Waals surface area (Å²) < 4.78 is 1.07. The highest BCUT2D eigenvalue weighted by Gasteiger charge is 2.28. The lowest BCUT2D eigenvalue weighted by molar-refractivity contribution is -0.125. The molecule has 0 heterocycles. The maximum atomic E-state index is 12.1. The molecule has 94 valence electrons. The van der Waals surface area contributed by atoms with Gasteiger partial charge in [-0.15, -0.1) is 0 Å². The van der Waals surface area contributed by atoms with Crippen molar-refractivity contribution in [3.63, 3.8) is 0 Å². The summed E-state index contributed by atoms with van der Waals surface area (Å²) in [6, 6.07) is 6.22. The lowest BCUT2D eigenvalue weighted by atomic mass is 9.87. The highest BCUT2D eigenvalue weighted by molar-refractivity contribution is 9.10. The average Bonchev–Trinajstić information content (AvgIpc) is 2.19. The SMILES string of the molecule is Cc1ccc(CC(Br)C(=O)C(C)(C)C)c(Br)c1. The van der Waals surface area contributed by atoms with E-state index in [1.165, 1.54) is 5.56 Å². The van der Waals surface area contributed by atoms with E-state index < -0.39 is 0 Å². The maximum Gasteiger partial charge on any atom is 0.152 e. The fourth-order valence-corrected chi connectivity index (χ4v) is 3.26. The number of ketones is 1. The number of aryl methyl sites for hydroxylation is 1. The van der Waals surface area contributed by atoms with Crippen LogP contribution in [-0.2, 0) is 11.2 Å². The predicted molar refractivity (Wildman–Crippen MR) is 79.8 cm³/mol. The van der Waals surface area contributed by atoms with E-state index in [1.807, 2.05) is 20.8 Å². The first-order chi connectivity index (χ1) is 7.71. The van der Waals surface area contributed by atoms with Gasteiger partial charge in [0.1, 0.15) is 0 Å². The fourth-order valence-electron chi connectivity index (χ4n) is 1.57. The van der Waals surface area contributed by atoms with Gasteiger partial charge in [-0.1, -0.05) is 64.8 Å². The Kier molecular flexibility index (Phi) is 4.96. The molecule has 0 aliphatic heterocycles. The van der Waals surface area contributed by atoms with Crippen molar-refractivity contribution in [1.29, 1.82) is 0 Å². The van der Waals surface area contributed by atoms with Gasteiger partial charge >= 0.3 is 0 Å². The molecular formula is C14H18Br2O. The van der Waals surface area contributed by atoms with E-state index >= 15 is 0 Å². The highest BCUT2D eigenvalue weighted by atomic mass is 79.9. The van der Waals surface area contributed by atoms with Crippen molar-refractivity contribution < 1.29 is 4.79 Å². The molecule has 0 fully saturated rings. The molecule has 1 nitrogen and oxygen atoms in total. The second-order valence-corrected chi connectivity index (χ2v) is 7.34. The van der Waals surface area contributed by atoms with Gasteiger partial charge in [-0.2, -0.15) is 0 Å². The lowest BCUT2D eigenvalue weighted by Gasteiger charge is -2.21. The van der Waals surface area contributed by atoms with Crippen LogP contribution in [0.25, 0.3) is 0 Å². The molecule has 0 saturated heterocycles. The number of benzene rings is 1. The van der Waals surface area contributed by atoms with Gasteiger partial charge in [0.05, 0.1) is 4.83 Å². The molecule has 1 rings (SSSR count). The third-order valence-corrected chi connectivity index (χ3v) is 4.11. The Bertz CT molecular complexity index is 419. The topological polar surface area (TPSA) is 17.1 Å². The molecular weight excluding hydrogens is 344 g/mol. The summed E-state index contributed by atoms with van der Waals surface area (Å²) in [4.78, 5) is 12.0. The summed E-state index contributed by atoms with van der Waals surface area (Å²) >= 11 is 7.04. The van der Waals surface area contributed by atoms with E-state index in [0.717, 1.165) is 16.5 Å². The molecule has 3 heteroatoms. The number of alkyl halides is 1. The van der Waals surface area contributed by atoms with E-state index in [1.54, 1.807) is 0 Å². The second kappa shape index (κ2) is 5.66. The molecule has 17 heavy (non-hydrogen) atoms. The summed E-state index contributed by atoms with van der Waals surface area (Å²) in [5.41, 5.74) is 2.08. The van der Waals surface area contributed by atoms with Gasteiger partial charge in [-0.05, 0) is 30.5 Å². The number of rotatable bonds is 3. The van der Waals surface area contributed by atoms with E-state index in [0.29, 0.717) is 0 Å². The first-order valence-electron chi connectivity index (χ1n) is 5.65. The maximum absolute atomic E-state index is 12.1. The fraction of sp³-hybridized carbons (Fsp3) is 0.500. The van der Waals surface area contributed by atoms with Gasteiger partial charge in [-0.3, -0.25) is 4.79 Å². The minimum absolute atomic E-state index is 0.124. The number of hydrogen-bond donors (Lipinski definition) is 0. The first kappa shape index (κ1) is 14.9. The Labute approximate surface area is 120 Å². The van der Waals surface area contributed by atoms with E-state index in [9.17, 15) is 4.79 Å². The zero-order valence-corrected chi connectivity index (χ0v) is 13.9. The molecule has 0 saturated carbocycles. The Morgan fingerprint density at radius 1 is 1.35 bits per heavy atom. The summed E-state index contributed by atoms with van der Waals surface area (Å²) in [6.07, 6.45) is 0.719. The van der Waals surface area contributed by atoms with Crippen LogP contribution in [0.2, 0.25) is 0 Å². The molecule has 0 amide bonds. The third-order valence-electron chi connectivity index (χ3n) is 2.63. The normalized spacial score (nSPS) is 13.5. The van der Waals surface area contributed by atoms with Crippen molar-refractivity contribution in [3.05, 3.63) is 33.8 Å². The summed E-state index contributed by atoms with van der Waals surface area (Å²) in [5, 5.41) is 0. The summed E-state index contributed by atoms with van der Waals surface area (Å²) in [7, 11) is 0. The zero-order valence-electron chi connectivity index (χ0n) is 10.7. The smallest absolute Gasteiger partial charge is 0.152 e. The van der Waals surface area contributed by atoms with Crippen LogP contribution in [0, 0.1) is 12.3 Å². The predicted octanol–water partition coefficient (Wildman–Crippen LogP) is 4.68. The monoisotopic (exact) mass is 360 g/mol. The van der Waals surface area contributed by atoms with Crippen molar-refractivity contribution >= 4 is 37.6 Å². The lowest BCUT2D eigenvalue weighted by Crippen LogP contribution is -2.30. The number of carbonyl (C=O) groups is 1. The second-order valence-electron chi connectivity index (χ2n) is 5.38. The van der Waals surface area contributed by atoms with Crippen molar-refractivity contribution in [2.45, 2.75) is 38.9 Å². The molecule has 0 N–H and O–H groups in total. The summed E-state index contributed by atoms with van der Waals surface area (Å²) in [6.45, 7) is 7.91. The first-order valence-corrected chi connectivity index (χ1v) is 7.36. The molecule has 1 aromatic carbocycles. The largest absolute Gasteiger partial charge is 0.298 e. The van der Waals surface area contributed by atoms with Crippen LogP contribution in [0.1, 0.15) is 31.9 Å². The minimum Gasteiger partial charge on any atom is -0.298 e. The van der Waals surface area contributed by atoms with Gasteiger partial charge in [-0.25, -0.2) is 0 Å². The Hall–Kier alpha value is -0.150. The highest BCUT2D eigenvalue weighted by Crippen LogP contribution is 2.26. The van der Waals surface area contributed by atoms with Crippen molar-refractivity contribution in [2.75, 3.05) is 0 Å². The van der Waals surface area contributed by atoms with E-state index in [-0.39, 0.29) is 16.0 Å². The molecule has 0 aromatic heterocycles. The van der Waals surface area contributed by atoms with E-state index in [4.69, 9.17) is 0 Å². The molecule has 0 radical (unpaired) electrons. The van der Waals surface area contributed by atoms with Crippen molar-refractivity contribution in [1.82, 2.24) is 0 Å². The van der Waals surface area contributed by atoms with Crippen LogP contribution < -0.4 is 0 Å². The van der Waals surface area contributed by atoms with Crippen LogP contribution in [0.4, 0.5) is 0 Å². The Balaban J connectivity index is 2.81. The van der Waals surface area contributed by atoms with Crippen molar-refractivity contribution in [3.8, 4) is 0 Å². The van der Waals surface area contributed by atoms with Crippen LogP contribution in [0.5, 0.6) is 0 Å². The van der Waals surface area contributed by atoms with E-state index in [2.05, 4.69) is 57.0 Å². The molecule has 1 aromatic rings. The van der Waals surface area contributed by atoms with Crippen LogP contribution >= 0.6 is 31.9 Å². The van der Waals surface area contributed by atoms with Gasteiger partial charge in [0.25, 0.3) is 0 Å². The van der Waals surface area contributed by atoms with Gasteiger partial charge in [0, 0.05) is 9.89 Å². The molecule has 1 atom stereocenters. The van der Waals surface area contributed by atoms with Gasteiger partial charge in [0.2, 0.25) is 0 Å². The Morgan fingerprint density at radius 2 is 1.94 bits per heavy atom. The number of carbonyl (C=O) groups excluding carboxylic acids is 1. The zero-order chi connectivity index (χ0) is 13.2. The average molecular weight is 362 g/mol. The molecule has 1 unspecified atom stereocenters. The van der Waals surface area contributed by atoms with Gasteiger partial charge < -0.3 is 0 Å². The van der Waals surface area contributed by atoms with Crippen LogP contribution in [-0.4, -0.2) is 10.6 Å². The molecule has 0 spiro atoms. The van der Waals surface area contributed by atoms with Crippen LogP contribution in [0.15, 0.2) is 22.7 Å². The van der Waals surface area contributed by atoms with Gasteiger partial charge in [0.15, 0.2) is 5.78 Å². The minimum atomic E-state index is -0.300. The molecule has 0 bridgehead atoms. The quantitative estimate of drug-likeness (QED) is 0.714. The van der Waals surface area contributed by atoms with Crippen LogP contribution in [0.3, 0.4) is 0 Å². The van der Waals surface area contributed by atoms with Crippen molar-refractivity contribution in [2.24, 2.45) is 5.41 Å². The molecule has 0 aliphatic rings.